The molecule has 0 unspecified atom stereocenters. The summed E-state index contributed by atoms with van der Waals surface area (Å²) in [6.07, 6.45) is 3.31. The van der Waals surface area contributed by atoms with Crippen molar-refractivity contribution in [3.63, 3.8) is 0 Å². The number of rotatable bonds is 5. The summed E-state index contributed by atoms with van der Waals surface area (Å²) in [5, 5.41) is 5.96. The highest BCUT2D eigenvalue weighted by Crippen LogP contribution is 2.34. The molecule has 0 saturated carbocycles. The first-order valence-electron chi connectivity index (χ1n) is 10.5. The Morgan fingerprint density at radius 3 is 2.55 bits per heavy atom. The van der Waals surface area contributed by atoms with Crippen LogP contribution in [0.1, 0.15) is 27.2 Å². The average Bonchev–Trinajstić information content (AvgIpc) is 3.29. The third-order valence-corrected chi connectivity index (χ3v) is 6.17. The van der Waals surface area contributed by atoms with E-state index in [1.54, 1.807) is 30.5 Å². The summed E-state index contributed by atoms with van der Waals surface area (Å²) in [6.45, 7) is 6.34. The Labute approximate surface area is 191 Å². The van der Waals surface area contributed by atoms with Crippen LogP contribution < -0.4 is 15.4 Å². The number of methoxy groups -OCH3 is 1. The Morgan fingerprint density at radius 2 is 1.88 bits per heavy atom. The number of hydrogen-bond acceptors (Lipinski definition) is 6. The highest BCUT2D eigenvalue weighted by Gasteiger charge is 2.48. The maximum atomic E-state index is 13.2. The average molecular weight is 441 g/mol. The van der Waals surface area contributed by atoms with Gasteiger partial charge in [-0.2, -0.15) is 0 Å². The molecule has 8 nitrogen and oxygen atoms in total. The largest absolute Gasteiger partial charge is 0.497 e. The number of nitrogens with zero attached hydrogens (tertiary/aromatic N) is 3. The number of aromatic nitrogens is 2. The normalized spacial score (nSPS) is 19.3. The van der Waals surface area contributed by atoms with Crippen LogP contribution in [0, 0.1) is 6.92 Å². The van der Waals surface area contributed by atoms with Crippen LogP contribution in [0.3, 0.4) is 0 Å². The summed E-state index contributed by atoms with van der Waals surface area (Å²) in [5.41, 5.74) is 3.57. The van der Waals surface area contributed by atoms with Crippen molar-refractivity contribution in [2.75, 3.05) is 13.7 Å². The molecule has 5 rings (SSSR count). The molecular formula is C25H23N5O3. The van der Waals surface area contributed by atoms with Gasteiger partial charge >= 0.3 is 0 Å². The monoisotopic (exact) mass is 441 g/mol. The molecule has 1 aromatic heterocycles. The van der Waals surface area contributed by atoms with Crippen molar-refractivity contribution in [1.29, 1.82) is 0 Å². The topological polar surface area (TPSA) is 96.5 Å². The zero-order valence-electron chi connectivity index (χ0n) is 18.4. The minimum absolute atomic E-state index is 0.137. The predicted octanol–water partition coefficient (Wildman–Crippen LogP) is 2.50. The van der Waals surface area contributed by atoms with Crippen molar-refractivity contribution < 1.29 is 14.3 Å². The zero-order valence-corrected chi connectivity index (χ0v) is 18.4. The first-order valence-corrected chi connectivity index (χ1v) is 10.5. The van der Waals surface area contributed by atoms with E-state index >= 15 is 0 Å². The van der Waals surface area contributed by atoms with Crippen LogP contribution in [0.4, 0.5) is 0 Å². The number of carbonyl (C=O) groups is 2. The SMILES string of the molecule is C=C1NC(=O)[C@](CN2Cc3ccc(OC)cc3C2=O)(c2ccc(-c3nccnc3C)cc2)N1. The van der Waals surface area contributed by atoms with Crippen LogP contribution in [0.15, 0.2) is 67.3 Å². The Kier molecular flexibility index (Phi) is 4.85. The first kappa shape index (κ1) is 20.7. The van der Waals surface area contributed by atoms with Gasteiger partial charge in [0.1, 0.15) is 5.75 Å². The number of fused-ring (bicyclic) bond motifs is 1. The maximum absolute atomic E-state index is 13.2. The molecule has 0 bridgehead atoms. The van der Waals surface area contributed by atoms with Gasteiger partial charge in [0.2, 0.25) is 0 Å². The number of nitrogens with one attached hydrogen (secondary N) is 2. The lowest BCUT2D eigenvalue weighted by molar-refractivity contribution is -0.124. The highest BCUT2D eigenvalue weighted by molar-refractivity contribution is 6.00. The molecule has 0 spiro atoms. The lowest BCUT2D eigenvalue weighted by Gasteiger charge is -2.32. The summed E-state index contributed by atoms with van der Waals surface area (Å²) >= 11 is 0. The van der Waals surface area contributed by atoms with Gasteiger partial charge in [0, 0.05) is 30.1 Å². The lowest BCUT2D eigenvalue weighted by atomic mass is 9.88. The van der Waals surface area contributed by atoms with Crippen LogP contribution in [-0.4, -0.2) is 40.3 Å². The molecule has 166 valence electrons. The Morgan fingerprint density at radius 1 is 1.12 bits per heavy atom. The second-order valence-corrected chi connectivity index (χ2v) is 8.22. The van der Waals surface area contributed by atoms with E-state index in [1.807, 2.05) is 43.3 Å². The van der Waals surface area contributed by atoms with Gasteiger partial charge in [-0.25, -0.2) is 0 Å². The number of hydrogen-bond donors (Lipinski definition) is 2. The van der Waals surface area contributed by atoms with E-state index in [9.17, 15) is 9.59 Å². The van der Waals surface area contributed by atoms with Crippen LogP contribution in [0.2, 0.25) is 0 Å². The molecule has 33 heavy (non-hydrogen) atoms. The van der Waals surface area contributed by atoms with Gasteiger partial charge < -0.3 is 20.3 Å². The standard InChI is InChI=1S/C25H23N5O3/c1-15-22(27-11-10-26-15)17-4-7-19(8-5-17)25(24(32)28-16(2)29-25)14-30-13-18-6-9-20(33-3)12-21(18)23(30)31/h4-12,29H,2,13-14H2,1,3H3,(H,28,32)/t25-/m0/s1. The second kappa shape index (κ2) is 7.74. The molecule has 2 aliphatic rings. The fraction of sp³-hybridized carbons (Fsp3) is 0.200. The molecule has 2 amide bonds. The van der Waals surface area contributed by atoms with Gasteiger partial charge in [-0.1, -0.05) is 36.9 Å². The molecule has 2 aromatic carbocycles. The minimum Gasteiger partial charge on any atom is -0.497 e. The van der Waals surface area contributed by atoms with Crippen molar-refractivity contribution in [2.24, 2.45) is 0 Å². The summed E-state index contributed by atoms with van der Waals surface area (Å²) in [6, 6.07) is 13.0. The summed E-state index contributed by atoms with van der Waals surface area (Å²) in [4.78, 5) is 36.7. The van der Waals surface area contributed by atoms with Crippen molar-refractivity contribution in [3.8, 4) is 17.0 Å². The highest BCUT2D eigenvalue weighted by atomic mass is 16.5. The van der Waals surface area contributed by atoms with Gasteiger partial charge in [-0.15, -0.1) is 0 Å². The lowest BCUT2D eigenvalue weighted by Crippen LogP contribution is -2.52. The van der Waals surface area contributed by atoms with E-state index in [0.717, 1.165) is 28.1 Å². The maximum Gasteiger partial charge on any atom is 0.257 e. The molecule has 1 fully saturated rings. The van der Waals surface area contributed by atoms with Crippen molar-refractivity contribution in [1.82, 2.24) is 25.5 Å². The Hall–Kier alpha value is -4.20. The van der Waals surface area contributed by atoms with E-state index in [0.29, 0.717) is 23.7 Å². The van der Waals surface area contributed by atoms with Gasteiger partial charge in [0.25, 0.3) is 11.8 Å². The molecule has 1 atom stereocenters. The van der Waals surface area contributed by atoms with Gasteiger partial charge in [0.05, 0.1) is 30.9 Å². The van der Waals surface area contributed by atoms with Crippen LogP contribution in [-0.2, 0) is 16.9 Å². The number of carbonyl (C=O) groups excluding carboxylic acids is 2. The molecular weight excluding hydrogens is 418 g/mol. The number of amides is 2. The van der Waals surface area contributed by atoms with Crippen LogP contribution >= 0.6 is 0 Å². The zero-order chi connectivity index (χ0) is 23.2. The van der Waals surface area contributed by atoms with Gasteiger partial charge in [-0.3, -0.25) is 19.6 Å². The number of benzene rings is 2. The smallest absolute Gasteiger partial charge is 0.257 e. The van der Waals surface area contributed by atoms with Crippen LogP contribution in [0.25, 0.3) is 11.3 Å². The minimum atomic E-state index is -1.16. The quantitative estimate of drug-likeness (QED) is 0.632. The Bertz CT molecular complexity index is 1290. The third kappa shape index (κ3) is 3.40. The van der Waals surface area contributed by atoms with E-state index in [4.69, 9.17) is 4.74 Å². The molecule has 1 saturated heterocycles. The van der Waals surface area contributed by atoms with E-state index in [-0.39, 0.29) is 18.4 Å². The van der Waals surface area contributed by atoms with E-state index in [1.165, 1.54) is 0 Å². The molecule has 2 N–H and O–H groups in total. The van der Waals surface area contributed by atoms with Gasteiger partial charge in [0.15, 0.2) is 5.54 Å². The second-order valence-electron chi connectivity index (χ2n) is 8.22. The molecule has 3 heterocycles. The molecule has 0 aliphatic carbocycles. The van der Waals surface area contributed by atoms with E-state index in [2.05, 4.69) is 27.2 Å². The van der Waals surface area contributed by atoms with Crippen molar-refractivity contribution in [3.05, 3.63) is 89.6 Å². The fourth-order valence-corrected chi connectivity index (χ4v) is 4.48. The van der Waals surface area contributed by atoms with Crippen molar-refractivity contribution >= 4 is 11.8 Å². The number of aryl methyl sites for hydroxylation is 1. The summed E-state index contributed by atoms with van der Waals surface area (Å²) in [5.74, 6) is 0.637. The first-order chi connectivity index (χ1) is 15.9. The third-order valence-electron chi connectivity index (χ3n) is 6.17. The fourth-order valence-electron chi connectivity index (χ4n) is 4.48. The summed E-state index contributed by atoms with van der Waals surface area (Å²) in [7, 11) is 1.57. The summed E-state index contributed by atoms with van der Waals surface area (Å²) < 4.78 is 5.26. The number of ether oxygens (including phenoxy) is 1. The van der Waals surface area contributed by atoms with Gasteiger partial charge in [-0.05, 0) is 30.2 Å². The Balaban J connectivity index is 1.49. The molecule has 3 aromatic rings. The molecule has 8 heteroatoms. The van der Waals surface area contributed by atoms with Crippen molar-refractivity contribution in [2.45, 2.75) is 19.0 Å². The molecule has 2 aliphatic heterocycles. The predicted molar refractivity (Wildman–Crippen MR) is 122 cm³/mol. The van der Waals surface area contributed by atoms with E-state index < -0.39 is 5.54 Å². The van der Waals surface area contributed by atoms with Crippen LogP contribution in [0.5, 0.6) is 5.75 Å². The molecule has 0 radical (unpaired) electrons.